The number of urea groups is 1. The number of carbonyl (C=O) groups is 1. The summed E-state index contributed by atoms with van der Waals surface area (Å²) in [5.74, 6) is -2.24. The van der Waals surface area contributed by atoms with Crippen LogP contribution in [0.3, 0.4) is 0 Å². The van der Waals surface area contributed by atoms with Crippen LogP contribution in [0.4, 0.5) is 18.0 Å². The molecule has 2 amide bonds. The van der Waals surface area contributed by atoms with Crippen LogP contribution < -0.4 is 5.32 Å². The second-order valence-corrected chi connectivity index (χ2v) is 5.67. The van der Waals surface area contributed by atoms with Crippen molar-refractivity contribution in [1.82, 2.24) is 15.1 Å². The van der Waals surface area contributed by atoms with E-state index in [1.165, 1.54) is 0 Å². The zero-order valence-corrected chi connectivity index (χ0v) is 12.5. The molecular formula is C15H14F3N3O3. The van der Waals surface area contributed by atoms with Crippen molar-refractivity contribution in [3.63, 3.8) is 0 Å². The van der Waals surface area contributed by atoms with Crippen molar-refractivity contribution in [3.8, 4) is 0 Å². The van der Waals surface area contributed by atoms with Crippen LogP contribution in [0.15, 0.2) is 23.7 Å². The van der Waals surface area contributed by atoms with Crippen LogP contribution in [-0.2, 0) is 16.1 Å². The van der Waals surface area contributed by atoms with E-state index in [-0.39, 0.29) is 18.2 Å². The minimum atomic E-state index is -1.26. The molecule has 128 valence electrons. The minimum absolute atomic E-state index is 0.143. The molecule has 3 aliphatic rings. The first kappa shape index (κ1) is 15.1. The first-order chi connectivity index (χ1) is 11.5. The number of ether oxygens (including phenoxy) is 2. The predicted octanol–water partition coefficient (Wildman–Crippen LogP) is 1.49. The van der Waals surface area contributed by atoms with E-state index in [2.05, 4.69) is 5.32 Å². The van der Waals surface area contributed by atoms with Gasteiger partial charge in [0.15, 0.2) is 29.4 Å². The van der Waals surface area contributed by atoms with Gasteiger partial charge >= 0.3 is 6.03 Å². The SMILES string of the molecule is O=C1NC(OCc2cc(F)c(F)cc2F)C2=C3N(CCO2)CCN13. The lowest BCUT2D eigenvalue weighted by Gasteiger charge is -2.37. The Morgan fingerprint density at radius 3 is 2.79 bits per heavy atom. The predicted molar refractivity (Wildman–Crippen MR) is 74.7 cm³/mol. The Morgan fingerprint density at radius 1 is 1.17 bits per heavy atom. The second kappa shape index (κ2) is 5.59. The van der Waals surface area contributed by atoms with Gasteiger partial charge in [-0.2, -0.15) is 0 Å². The Labute approximate surface area is 135 Å². The summed E-state index contributed by atoms with van der Waals surface area (Å²) in [6, 6.07) is 0.869. The van der Waals surface area contributed by atoms with Crippen molar-refractivity contribution >= 4 is 6.03 Å². The lowest BCUT2D eigenvalue weighted by Crippen LogP contribution is -2.53. The molecule has 1 aromatic rings. The standard InChI is InChI=1S/C15H14F3N3O3/c16-9-6-11(18)10(17)5-8(9)7-24-13-12-14-20(3-4-23-12)1-2-21(14)15(22)19-13/h5-6,13H,1-4,7H2,(H,19,22). The summed E-state index contributed by atoms with van der Waals surface area (Å²) in [7, 11) is 0. The van der Waals surface area contributed by atoms with Gasteiger partial charge in [0, 0.05) is 24.7 Å². The molecular weight excluding hydrogens is 327 g/mol. The quantitative estimate of drug-likeness (QED) is 0.847. The first-order valence-corrected chi connectivity index (χ1v) is 7.49. The Balaban J connectivity index is 1.57. The molecule has 6 nitrogen and oxygen atoms in total. The fourth-order valence-corrected chi connectivity index (χ4v) is 3.05. The molecule has 1 N–H and O–H groups in total. The Hall–Kier alpha value is -2.42. The molecule has 4 rings (SSSR count). The molecule has 3 aliphatic heterocycles. The molecule has 0 aromatic heterocycles. The summed E-state index contributed by atoms with van der Waals surface area (Å²) < 4.78 is 51.0. The van der Waals surface area contributed by atoms with E-state index in [9.17, 15) is 18.0 Å². The second-order valence-electron chi connectivity index (χ2n) is 5.67. The summed E-state index contributed by atoms with van der Waals surface area (Å²) in [4.78, 5) is 15.7. The summed E-state index contributed by atoms with van der Waals surface area (Å²) >= 11 is 0. The number of carbonyl (C=O) groups excluding carboxylic acids is 1. The Bertz CT molecular complexity index is 740. The Morgan fingerprint density at radius 2 is 1.96 bits per heavy atom. The van der Waals surface area contributed by atoms with Crippen LogP contribution in [0.2, 0.25) is 0 Å². The zero-order chi connectivity index (χ0) is 16.8. The highest BCUT2D eigenvalue weighted by molar-refractivity contribution is 5.78. The van der Waals surface area contributed by atoms with E-state index in [0.717, 1.165) is 6.07 Å². The maximum absolute atomic E-state index is 13.7. The average molecular weight is 341 g/mol. The molecule has 1 fully saturated rings. The van der Waals surface area contributed by atoms with Gasteiger partial charge in [-0.05, 0) is 6.07 Å². The molecule has 1 aromatic carbocycles. The molecule has 3 heterocycles. The number of nitrogens with one attached hydrogen (secondary N) is 1. The van der Waals surface area contributed by atoms with Gasteiger partial charge in [0.2, 0.25) is 0 Å². The molecule has 0 saturated carbocycles. The van der Waals surface area contributed by atoms with E-state index < -0.39 is 23.7 Å². The highest BCUT2D eigenvalue weighted by Crippen LogP contribution is 2.31. The fraction of sp³-hybridized carbons (Fsp3) is 0.400. The van der Waals surface area contributed by atoms with Gasteiger partial charge in [-0.3, -0.25) is 4.90 Å². The first-order valence-electron chi connectivity index (χ1n) is 7.49. The van der Waals surface area contributed by atoms with E-state index in [1.807, 2.05) is 4.90 Å². The van der Waals surface area contributed by atoms with Crippen LogP contribution >= 0.6 is 0 Å². The van der Waals surface area contributed by atoms with Crippen LogP contribution in [0, 0.1) is 17.5 Å². The number of amides is 2. The smallest absolute Gasteiger partial charge is 0.325 e. The fourth-order valence-electron chi connectivity index (χ4n) is 3.05. The summed E-state index contributed by atoms with van der Waals surface area (Å²) in [6.07, 6.45) is -0.905. The zero-order valence-electron chi connectivity index (χ0n) is 12.5. The van der Waals surface area contributed by atoms with E-state index in [1.54, 1.807) is 4.90 Å². The molecule has 0 spiro atoms. The third-order valence-electron chi connectivity index (χ3n) is 4.22. The van der Waals surface area contributed by atoms with Gasteiger partial charge in [-0.1, -0.05) is 0 Å². The van der Waals surface area contributed by atoms with E-state index in [0.29, 0.717) is 43.9 Å². The molecule has 1 saturated heterocycles. The van der Waals surface area contributed by atoms with Crippen molar-refractivity contribution < 1.29 is 27.4 Å². The van der Waals surface area contributed by atoms with Gasteiger partial charge in [0.1, 0.15) is 12.4 Å². The topological polar surface area (TPSA) is 54.0 Å². The molecule has 9 heteroatoms. The average Bonchev–Trinajstić information content (AvgIpc) is 2.99. The third-order valence-corrected chi connectivity index (χ3v) is 4.22. The van der Waals surface area contributed by atoms with Gasteiger partial charge < -0.3 is 19.7 Å². The van der Waals surface area contributed by atoms with Crippen molar-refractivity contribution in [1.29, 1.82) is 0 Å². The van der Waals surface area contributed by atoms with Crippen LogP contribution in [-0.4, -0.2) is 48.3 Å². The van der Waals surface area contributed by atoms with Crippen molar-refractivity contribution in [2.75, 3.05) is 26.2 Å². The highest BCUT2D eigenvalue weighted by Gasteiger charge is 2.43. The number of hydrogen-bond acceptors (Lipinski definition) is 4. The lowest BCUT2D eigenvalue weighted by atomic mass is 10.2. The number of benzene rings is 1. The monoisotopic (exact) mass is 341 g/mol. The highest BCUT2D eigenvalue weighted by atomic mass is 19.2. The van der Waals surface area contributed by atoms with E-state index in [4.69, 9.17) is 9.47 Å². The van der Waals surface area contributed by atoms with Gasteiger partial charge in [0.25, 0.3) is 0 Å². The molecule has 0 radical (unpaired) electrons. The maximum atomic E-state index is 13.7. The Kier molecular flexibility index (Phi) is 3.52. The minimum Gasteiger partial charge on any atom is -0.488 e. The molecule has 1 atom stereocenters. The number of hydrogen-bond donors (Lipinski definition) is 1. The van der Waals surface area contributed by atoms with Gasteiger partial charge in [-0.25, -0.2) is 18.0 Å². The van der Waals surface area contributed by atoms with Gasteiger partial charge in [-0.15, -0.1) is 0 Å². The molecule has 1 unspecified atom stereocenters. The number of halogens is 3. The molecule has 0 bridgehead atoms. The van der Waals surface area contributed by atoms with Crippen molar-refractivity contribution in [3.05, 3.63) is 46.7 Å². The van der Waals surface area contributed by atoms with Crippen LogP contribution in [0.1, 0.15) is 5.56 Å². The summed E-state index contributed by atoms with van der Waals surface area (Å²) in [6.45, 7) is 2.04. The normalized spacial score (nSPS) is 22.5. The van der Waals surface area contributed by atoms with Crippen molar-refractivity contribution in [2.45, 2.75) is 12.8 Å². The van der Waals surface area contributed by atoms with Gasteiger partial charge in [0.05, 0.1) is 13.2 Å². The van der Waals surface area contributed by atoms with E-state index >= 15 is 0 Å². The van der Waals surface area contributed by atoms with Crippen LogP contribution in [0.25, 0.3) is 0 Å². The number of rotatable bonds is 3. The van der Waals surface area contributed by atoms with Crippen molar-refractivity contribution in [2.24, 2.45) is 0 Å². The third kappa shape index (κ3) is 2.35. The largest absolute Gasteiger partial charge is 0.488 e. The molecule has 24 heavy (non-hydrogen) atoms. The summed E-state index contributed by atoms with van der Waals surface area (Å²) in [5, 5.41) is 2.62. The summed E-state index contributed by atoms with van der Waals surface area (Å²) in [5.41, 5.74) is -0.143. The maximum Gasteiger partial charge on any atom is 0.325 e. The molecule has 0 aliphatic carbocycles. The lowest BCUT2D eigenvalue weighted by molar-refractivity contribution is -0.0217. The van der Waals surface area contributed by atoms with Crippen LogP contribution in [0.5, 0.6) is 0 Å². The number of nitrogens with zero attached hydrogens (tertiary/aromatic N) is 2.